The number of aromatic nitrogens is 4. The van der Waals surface area contributed by atoms with Crippen LogP contribution < -0.4 is 10.9 Å². The Balaban J connectivity index is 1.96. The minimum absolute atomic E-state index is 0.327. The molecule has 0 aliphatic heterocycles. The molecule has 0 aliphatic rings. The lowest BCUT2D eigenvalue weighted by molar-refractivity contribution is -0.119. The number of amides is 1. The van der Waals surface area contributed by atoms with E-state index < -0.39 is 6.04 Å². The van der Waals surface area contributed by atoms with Crippen molar-refractivity contribution in [3.63, 3.8) is 0 Å². The summed E-state index contributed by atoms with van der Waals surface area (Å²) in [6, 6.07) is 9.64. The number of fused-ring (bicyclic) bond motifs is 1. The second-order valence-corrected chi connectivity index (χ2v) is 5.01. The number of rotatable bonds is 4. The SMILES string of the molecule is CC[C@@H](C(=O)Nc1cccnc1)n1nnc2ccccc2c1=O. The van der Waals surface area contributed by atoms with E-state index in [2.05, 4.69) is 20.6 Å². The molecule has 2 heterocycles. The molecule has 0 aliphatic carbocycles. The monoisotopic (exact) mass is 309 g/mol. The first-order chi connectivity index (χ1) is 11.2. The molecule has 0 radical (unpaired) electrons. The van der Waals surface area contributed by atoms with Gasteiger partial charge in [0.15, 0.2) is 0 Å². The molecule has 0 bridgehead atoms. The van der Waals surface area contributed by atoms with Gasteiger partial charge in [-0.25, -0.2) is 0 Å². The van der Waals surface area contributed by atoms with Gasteiger partial charge in [0, 0.05) is 6.20 Å². The molecule has 7 heteroatoms. The largest absolute Gasteiger partial charge is 0.323 e. The van der Waals surface area contributed by atoms with Gasteiger partial charge < -0.3 is 5.32 Å². The molecule has 1 aromatic carbocycles. The van der Waals surface area contributed by atoms with Crippen molar-refractivity contribution in [1.29, 1.82) is 0 Å². The maximum atomic E-state index is 12.6. The molecule has 3 aromatic rings. The van der Waals surface area contributed by atoms with Crippen molar-refractivity contribution >= 4 is 22.5 Å². The minimum Gasteiger partial charge on any atom is -0.323 e. The number of nitrogens with one attached hydrogen (secondary N) is 1. The average molecular weight is 309 g/mol. The lowest BCUT2D eigenvalue weighted by atomic mass is 10.2. The molecule has 1 N–H and O–H groups in total. The zero-order chi connectivity index (χ0) is 16.2. The van der Waals surface area contributed by atoms with Crippen molar-refractivity contribution < 1.29 is 4.79 Å². The van der Waals surface area contributed by atoms with Crippen molar-refractivity contribution in [2.45, 2.75) is 19.4 Å². The standard InChI is InChI=1S/C16H15N5O2/c1-2-14(15(22)18-11-6-5-9-17-10-11)21-16(23)12-7-3-4-8-13(12)19-20-21/h3-10,14H,2H2,1H3,(H,18,22)/t14-/m0/s1. The fraction of sp³-hybridized carbons (Fsp3) is 0.188. The second kappa shape index (κ2) is 6.35. The van der Waals surface area contributed by atoms with Gasteiger partial charge in [-0.1, -0.05) is 24.3 Å². The van der Waals surface area contributed by atoms with E-state index in [0.717, 1.165) is 4.68 Å². The Labute approximate surface area is 132 Å². The highest BCUT2D eigenvalue weighted by atomic mass is 16.2. The fourth-order valence-corrected chi connectivity index (χ4v) is 2.34. The molecular formula is C16H15N5O2. The molecule has 116 valence electrons. The highest BCUT2D eigenvalue weighted by Crippen LogP contribution is 2.13. The van der Waals surface area contributed by atoms with Crippen LogP contribution in [0.1, 0.15) is 19.4 Å². The van der Waals surface area contributed by atoms with E-state index in [0.29, 0.717) is 23.0 Å². The summed E-state index contributed by atoms with van der Waals surface area (Å²) in [5.74, 6) is -0.327. The van der Waals surface area contributed by atoms with Crippen LogP contribution in [0, 0.1) is 0 Å². The molecule has 3 rings (SSSR count). The molecular weight excluding hydrogens is 294 g/mol. The van der Waals surface area contributed by atoms with Crippen LogP contribution in [0.15, 0.2) is 53.6 Å². The maximum Gasteiger partial charge on any atom is 0.278 e. The van der Waals surface area contributed by atoms with Gasteiger partial charge in [-0.05, 0) is 30.7 Å². The Morgan fingerprint density at radius 3 is 2.83 bits per heavy atom. The first-order valence-corrected chi connectivity index (χ1v) is 7.26. The number of carbonyl (C=O) groups is 1. The summed E-state index contributed by atoms with van der Waals surface area (Å²) in [5, 5.41) is 11.1. The highest BCUT2D eigenvalue weighted by Gasteiger charge is 2.22. The van der Waals surface area contributed by atoms with Gasteiger partial charge in [0.05, 0.1) is 17.3 Å². The predicted octanol–water partition coefficient (Wildman–Crippen LogP) is 1.78. The van der Waals surface area contributed by atoms with Gasteiger partial charge in [-0.2, -0.15) is 4.68 Å². The molecule has 2 aromatic heterocycles. The van der Waals surface area contributed by atoms with Crippen molar-refractivity contribution in [1.82, 2.24) is 20.0 Å². The van der Waals surface area contributed by atoms with Gasteiger partial charge >= 0.3 is 0 Å². The third-order valence-electron chi connectivity index (χ3n) is 3.50. The topological polar surface area (TPSA) is 89.8 Å². The van der Waals surface area contributed by atoms with Crippen molar-refractivity contribution in [2.75, 3.05) is 5.32 Å². The summed E-state index contributed by atoms with van der Waals surface area (Å²) < 4.78 is 1.13. The number of hydrogen-bond acceptors (Lipinski definition) is 5. The summed E-state index contributed by atoms with van der Waals surface area (Å²) >= 11 is 0. The normalized spacial score (nSPS) is 12.0. The summed E-state index contributed by atoms with van der Waals surface area (Å²) in [4.78, 5) is 29.0. The van der Waals surface area contributed by atoms with Crippen molar-refractivity contribution in [3.8, 4) is 0 Å². The highest BCUT2D eigenvalue weighted by molar-refractivity contribution is 5.93. The van der Waals surface area contributed by atoms with Gasteiger partial charge in [0.25, 0.3) is 5.56 Å². The number of hydrogen-bond donors (Lipinski definition) is 1. The summed E-state index contributed by atoms with van der Waals surface area (Å²) in [5.41, 5.74) is 0.748. The molecule has 7 nitrogen and oxygen atoms in total. The van der Waals surface area contributed by atoms with Gasteiger partial charge in [0.2, 0.25) is 5.91 Å². The summed E-state index contributed by atoms with van der Waals surface area (Å²) in [6.07, 6.45) is 3.57. The number of carbonyl (C=O) groups excluding carboxylic acids is 1. The molecule has 1 atom stereocenters. The van der Waals surface area contributed by atoms with Crippen LogP contribution in [0.25, 0.3) is 10.9 Å². The van der Waals surface area contributed by atoms with Gasteiger partial charge in [0.1, 0.15) is 11.6 Å². The molecule has 0 spiro atoms. The van der Waals surface area contributed by atoms with Crippen LogP contribution in [-0.2, 0) is 4.79 Å². The first kappa shape index (κ1) is 14.8. The van der Waals surface area contributed by atoms with Crippen molar-refractivity contribution in [2.24, 2.45) is 0 Å². The molecule has 0 unspecified atom stereocenters. The molecule has 0 saturated carbocycles. The van der Waals surface area contributed by atoms with Crippen LogP contribution >= 0.6 is 0 Å². The average Bonchev–Trinajstić information content (AvgIpc) is 2.58. The van der Waals surface area contributed by atoms with E-state index in [1.54, 1.807) is 48.8 Å². The van der Waals surface area contributed by atoms with Crippen LogP contribution in [0.4, 0.5) is 5.69 Å². The van der Waals surface area contributed by atoms with Crippen molar-refractivity contribution in [3.05, 3.63) is 59.1 Å². The Hall–Kier alpha value is -3.09. The van der Waals surface area contributed by atoms with Crippen LogP contribution in [0.5, 0.6) is 0 Å². The molecule has 0 fully saturated rings. The van der Waals surface area contributed by atoms with E-state index >= 15 is 0 Å². The maximum absolute atomic E-state index is 12.6. The number of pyridine rings is 1. The van der Waals surface area contributed by atoms with Crippen LogP contribution in [-0.4, -0.2) is 25.9 Å². The lowest BCUT2D eigenvalue weighted by Gasteiger charge is -2.16. The van der Waals surface area contributed by atoms with E-state index in [4.69, 9.17) is 0 Å². The van der Waals surface area contributed by atoms with Crippen LogP contribution in [0.3, 0.4) is 0 Å². The molecule has 1 amide bonds. The summed E-state index contributed by atoms with van der Waals surface area (Å²) in [6.45, 7) is 1.82. The molecule has 0 saturated heterocycles. The third-order valence-corrected chi connectivity index (χ3v) is 3.50. The number of benzene rings is 1. The smallest absolute Gasteiger partial charge is 0.278 e. The van der Waals surface area contributed by atoms with Crippen LogP contribution in [0.2, 0.25) is 0 Å². The van der Waals surface area contributed by atoms with Gasteiger partial charge in [-0.15, -0.1) is 5.10 Å². The lowest BCUT2D eigenvalue weighted by Crippen LogP contribution is -2.35. The Kier molecular flexibility index (Phi) is 4.09. The van der Waals surface area contributed by atoms with Gasteiger partial charge in [-0.3, -0.25) is 14.6 Å². The zero-order valence-corrected chi connectivity index (χ0v) is 12.5. The fourth-order valence-electron chi connectivity index (χ4n) is 2.34. The summed E-state index contributed by atoms with van der Waals surface area (Å²) in [7, 11) is 0. The molecule has 23 heavy (non-hydrogen) atoms. The number of anilines is 1. The minimum atomic E-state index is -0.736. The van der Waals surface area contributed by atoms with E-state index in [-0.39, 0.29) is 11.5 Å². The Morgan fingerprint density at radius 1 is 1.26 bits per heavy atom. The van der Waals surface area contributed by atoms with E-state index in [1.165, 1.54) is 0 Å². The third kappa shape index (κ3) is 2.94. The van der Waals surface area contributed by atoms with E-state index in [1.807, 2.05) is 6.92 Å². The first-order valence-electron chi connectivity index (χ1n) is 7.26. The second-order valence-electron chi connectivity index (χ2n) is 5.01. The Morgan fingerprint density at radius 2 is 2.09 bits per heavy atom. The zero-order valence-electron chi connectivity index (χ0n) is 12.5. The Bertz CT molecular complexity index is 892. The van der Waals surface area contributed by atoms with E-state index in [9.17, 15) is 9.59 Å². The quantitative estimate of drug-likeness (QED) is 0.793. The number of nitrogens with zero attached hydrogens (tertiary/aromatic N) is 4. The predicted molar refractivity (Wildman–Crippen MR) is 86.0 cm³/mol.